The normalized spacial score (nSPS) is 24.4. The Kier molecular flexibility index (Phi) is 8.11. The van der Waals surface area contributed by atoms with Crippen LogP contribution in [0.15, 0.2) is 0 Å². The maximum Gasteiger partial charge on any atom is 0.241 e. The number of methoxy groups -OCH3 is 1. The van der Waals surface area contributed by atoms with Crippen LogP contribution in [0, 0.1) is 5.92 Å². The van der Waals surface area contributed by atoms with Crippen LogP contribution >= 0.6 is 0 Å². The summed E-state index contributed by atoms with van der Waals surface area (Å²) < 4.78 is 10.4. The molecular weight excluding hydrogens is 256 g/mol. The van der Waals surface area contributed by atoms with E-state index in [-0.39, 0.29) is 18.1 Å². The highest BCUT2D eigenvalue weighted by Gasteiger charge is 2.39. The first kappa shape index (κ1) is 17.4. The van der Waals surface area contributed by atoms with Gasteiger partial charge in [-0.1, -0.05) is 33.6 Å². The van der Waals surface area contributed by atoms with Gasteiger partial charge in [0, 0.05) is 13.7 Å². The fourth-order valence-electron chi connectivity index (χ4n) is 2.53. The smallest absolute Gasteiger partial charge is 0.241 e. The van der Waals surface area contributed by atoms with E-state index in [1.807, 2.05) is 4.90 Å². The second-order valence-corrected chi connectivity index (χ2v) is 5.47. The van der Waals surface area contributed by atoms with E-state index >= 15 is 0 Å². The predicted octanol–water partition coefficient (Wildman–Crippen LogP) is 1.62. The molecule has 5 heteroatoms. The second-order valence-electron chi connectivity index (χ2n) is 5.47. The summed E-state index contributed by atoms with van der Waals surface area (Å²) in [6, 6.07) is -0.0319. The molecule has 20 heavy (non-hydrogen) atoms. The molecule has 1 aliphatic heterocycles. The first-order valence-electron chi connectivity index (χ1n) is 7.78. The number of carbonyl (C=O) groups is 1. The van der Waals surface area contributed by atoms with Crippen LogP contribution in [-0.4, -0.2) is 56.5 Å². The molecule has 1 amide bonds. The molecule has 1 fully saturated rings. The Bertz CT molecular complexity index is 286. The molecule has 0 aromatic rings. The summed E-state index contributed by atoms with van der Waals surface area (Å²) in [6.45, 7) is 8.83. The van der Waals surface area contributed by atoms with Crippen molar-refractivity contribution in [2.24, 2.45) is 5.92 Å². The van der Waals surface area contributed by atoms with Gasteiger partial charge in [0.15, 0.2) is 0 Å². The van der Waals surface area contributed by atoms with Crippen molar-refractivity contribution in [3.05, 3.63) is 0 Å². The summed E-state index contributed by atoms with van der Waals surface area (Å²) >= 11 is 0. The highest BCUT2D eigenvalue weighted by molar-refractivity contribution is 5.84. The lowest BCUT2D eigenvalue weighted by Crippen LogP contribution is -2.39. The van der Waals surface area contributed by atoms with Gasteiger partial charge >= 0.3 is 0 Å². The number of rotatable bonds is 10. The molecule has 1 rings (SSSR count). The van der Waals surface area contributed by atoms with Crippen molar-refractivity contribution in [2.45, 2.75) is 52.2 Å². The van der Waals surface area contributed by atoms with Gasteiger partial charge in [-0.2, -0.15) is 0 Å². The summed E-state index contributed by atoms with van der Waals surface area (Å²) in [5.74, 6) is 0.606. The molecule has 0 spiro atoms. The average molecular weight is 286 g/mol. The Morgan fingerprint density at radius 2 is 2.05 bits per heavy atom. The summed E-state index contributed by atoms with van der Waals surface area (Å²) in [5.41, 5.74) is 0. The van der Waals surface area contributed by atoms with Gasteiger partial charge in [0.25, 0.3) is 0 Å². The van der Waals surface area contributed by atoms with Crippen LogP contribution in [0.2, 0.25) is 0 Å². The van der Waals surface area contributed by atoms with E-state index in [2.05, 4.69) is 26.1 Å². The molecule has 1 N–H and O–H groups in total. The fourth-order valence-corrected chi connectivity index (χ4v) is 2.53. The van der Waals surface area contributed by atoms with Crippen LogP contribution in [0.1, 0.15) is 40.0 Å². The van der Waals surface area contributed by atoms with E-state index in [9.17, 15) is 4.79 Å². The number of hydrogen-bond donors (Lipinski definition) is 1. The SMILES string of the molecule is CCCC1NC(C(C)CC)C(=O)N1CCOCCOC. The summed E-state index contributed by atoms with van der Waals surface area (Å²) in [6.07, 6.45) is 3.24. The lowest BCUT2D eigenvalue weighted by molar-refractivity contribution is -0.131. The van der Waals surface area contributed by atoms with Gasteiger partial charge in [-0.05, 0) is 12.3 Å². The van der Waals surface area contributed by atoms with Crippen molar-refractivity contribution in [3.63, 3.8) is 0 Å². The zero-order valence-corrected chi connectivity index (χ0v) is 13.4. The summed E-state index contributed by atoms with van der Waals surface area (Å²) in [5, 5.41) is 3.49. The van der Waals surface area contributed by atoms with Crippen molar-refractivity contribution in [1.82, 2.24) is 10.2 Å². The quantitative estimate of drug-likeness (QED) is 0.620. The highest BCUT2D eigenvalue weighted by Crippen LogP contribution is 2.21. The number of amides is 1. The van der Waals surface area contributed by atoms with Crippen molar-refractivity contribution in [3.8, 4) is 0 Å². The van der Waals surface area contributed by atoms with Crippen molar-refractivity contribution >= 4 is 5.91 Å². The van der Waals surface area contributed by atoms with E-state index in [1.54, 1.807) is 7.11 Å². The molecule has 1 heterocycles. The third-order valence-electron chi connectivity index (χ3n) is 3.98. The first-order chi connectivity index (χ1) is 9.65. The Morgan fingerprint density at radius 1 is 1.30 bits per heavy atom. The second kappa shape index (κ2) is 9.32. The van der Waals surface area contributed by atoms with Gasteiger partial charge in [-0.15, -0.1) is 0 Å². The van der Waals surface area contributed by atoms with Crippen molar-refractivity contribution in [1.29, 1.82) is 0 Å². The average Bonchev–Trinajstić information content (AvgIpc) is 2.75. The van der Waals surface area contributed by atoms with E-state index in [0.29, 0.717) is 32.3 Å². The molecule has 1 aliphatic rings. The number of ether oxygens (including phenoxy) is 2. The topological polar surface area (TPSA) is 50.8 Å². The summed E-state index contributed by atoms with van der Waals surface area (Å²) in [4.78, 5) is 14.4. The molecule has 1 saturated heterocycles. The molecule has 0 aromatic carbocycles. The molecule has 0 radical (unpaired) electrons. The lowest BCUT2D eigenvalue weighted by Gasteiger charge is -2.23. The molecule has 0 aromatic heterocycles. The van der Waals surface area contributed by atoms with Gasteiger partial charge in [0.1, 0.15) is 0 Å². The van der Waals surface area contributed by atoms with Crippen LogP contribution in [0.5, 0.6) is 0 Å². The molecule has 0 aliphatic carbocycles. The monoisotopic (exact) mass is 286 g/mol. The molecule has 0 bridgehead atoms. The van der Waals surface area contributed by atoms with Crippen LogP contribution in [-0.2, 0) is 14.3 Å². The Labute approximate surface area is 123 Å². The molecule has 3 atom stereocenters. The van der Waals surface area contributed by atoms with E-state index in [4.69, 9.17) is 9.47 Å². The zero-order valence-electron chi connectivity index (χ0n) is 13.4. The van der Waals surface area contributed by atoms with Crippen molar-refractivity contribution < 1.29 is 14.3 Å². The number of hydrogen-bond acceptors (Lipinski definition) is 4. The van der Waals surface area contributed by atoms with Crippen LogP contribution in [0.3, 0.4) is 0 Å². The largest absolute Gasteiger partial charge is 0.382 e. The van der Waals surface area contributed by atoms with Gasteiger partial charge in [0.2, 0.25) is 5.91 Å². The maximum atomic E-state index is 12.5. The van der Waals surface area contributed by atoms with Gasteiger partial charge in [-0.3, -0.25) is 10.1 Å². The third kappa shape index (κ3) is 4.72. The van der Waals surface area contributed by atoms with Crippen LogP contribution in [0.25, 0.3) is 0 Å². The number of nitrogens with zero attached hydrogens (tertiary/aromatic N) is 1. The van der Waals surface area contributed by atoms with Crippen LogP contribution in [0.4, 0.5) is 0 Å². The van der Waals surface area contributed by atoms with Gasteiger partial charge < -0.3 is 14.4 Å². The minimum absolute atomic E-state index is 0.0319. The van der Waals surface area contributed by atoms with E-state index in [1.165, 1.54) is 0 Å². The van der Waals surface area contributed by atoms with Crippen LogP contribution < -0.4 is 5.32 Å². The molecule has 3 unspecified atom stereocenters. The lowest BCUT2D eigenvalue weighted by atomic mass is 9.99. The van der Waals surface area contributed by atoms with Crippen molar-refractivity contribution in [2.75, 3.05) is 33.5 Å². The van der Waals surface area contributed by atoms with E-state index < -0.39 is 0 Å². The maximum absolute atomic E-state index is 12.5. The molecule has 0 saturated carbocycles. The van der Waals surface area contributed by atoms with E-state index in [0.717, 1.165) is 19.3 Å². The number of nitrogens with one attached hydrogen (secondary N) is 1. The number of carbonyl (C=O) groups excluding carboxylic acids is 1. The Hall–Kier alpha value is -0.650. The molecule has 5 nitrogen and oxygen atoms in total. The Balaban J connectivity index is 2.49. The highest BCUT2D eigenvalue weighted by atomic mass is 16.5. The van der Waals surface area contributed by atoms with Gasteiger partial charge in [-0.25, -0.2) is 0 Å². The minimum Gasteiger partial charge on any atom is -0.382 e. The summed E-state index contributed by atoms with van der Waals surface area (Å²) in [7, 11) is 1.66. The molecule has 118 valence electrons. The Morgan fingerprint density at radius 3 is 2.65 bits per heavy atom. The fraction of sp³-hybridized carbons (Fsp3) is 0.933. The minimum atomic E-state index is -0.0319. The third-order valence-corrected chi connectivity index (χ3v) is 3.98. The van der Waals surface area contributed by atoms with Gasteiger partial charge in [0.05, 0.1) is 32.0 Å². The molecular formula is C15H30N2O3. The first-order valence-corrected chi connectivity index (χ1v) is 7.78. The standard InChI is InChI=1S/C15H30N2O3/c1-5-7-13-16-14(12(3)6-2)15(18)17(13)8-9-20-11-10-19-4/h12-14,16H,5-11H2,1-4H3. The zero-order chi connectivity index (χ0) is 15.0. The predicted molar refractivity (Wildman–Crippen MR) is 79.5 cm³/mol.